The minimum Gasteiger partial charge on any atom is -0.328 e. The van der Waals surface area contributed by atoms with Crippen molar-refractivity contribution in [2.75, 3.05) is 6.61 Å². The second-order valence-electron chi connectivity index (χ2n) is 3.46. The highest BCUT2D eigenvalue weighted by atomic mass is 31.2. The van der Waals surface area contributed by atoms with Gasteiger partial charge < -0.3 is 13.9 Å². The Morgan fingerprint density at radius 2 is 1.93 bits per heavy atom. The standard InChI is InChI=1S/C11H17O3P/c1-10(2)14-15(12)13-9-8-11-6-4-3-5-7-11/h3-7,10,12H,8-9H2,1-2H3. The van der Waals surface area contributed by atoms with Crippen LogP contribution in [-0.4, -0.2) is 17.6 Å². The van der Waals surface area contributed by atoms with Gasteiger partial charge in [0.15, 0.2) is 0 Å². The molecule has 1 unspecified atom stereocenters. The lowest BCUT2D eigenvalue weighted by Crippen LogP contribution is -2.01. The van der Waals surface area contributed by atoms with Gasteiger partial charge in [0.1, 0.15) is 0 Å². The van der Waals surface area contributed by atoms with Crippen molar-refractivity contribution in [1.29, 1.82) is 0 Å². The topological polar surface area (TPSA) is 38.7 Å². The fraction of sp³-hybridized carbons (Fsp3) is 0.455. The van der Waals surface area contributed by atoms with Gasteiger partial charge in [-0.15, -0.1) is 0 Å². The Kier molecular flexibility index (Phi) is 5.81. The number of rotatable bonds is 6. The van der Waals surface area contributed by atoms with Gasteiger partial charge in [-0.1, -0.05) is 30.3 Å². The molecule has 0 aliphatic rings. The lowest BCUT2D eigenvalue weighted by atomic mass is 10.2. The molecular weight excluding hydrogens is 211 g/mol. The Morgan fingerprint density at radius 3 is 2.53 bits per heavy atom. The van der Waals surface area contributed by atoms with Gasteiger partial charge in [0.05, 0.1) is 12.7 Å². The normalized spacial score (nSPS) is 13.1. The first kappa shape index (κ1) is 12.6. The third kappa shape index (κ3) is 5.85. The molecule has 1 aromatic carbocycles. The molecule has 0 radical (unpaired) electrons. The van der Waals surface area contributed by atoms with Gasteiger partial charge in [0.25, 0.3) is 0 Å². The first-order valence-electron chi connectivity index (χ1n) is 5.01. The maximum atomic E-state index is 9.32. The molecule has 0 saturated heterocycles. The average Bonchev–Trinajstić information content (AvgIpc) is 2.18. The lowest BCUT2D eigenvalue weighted by molar-refractivity contribution is 0.166. The quantitative estimate of drug-likeness (QED) is 0.761. The molecule has 0 fully saturated rings. The van der Waals surface area contributed by atoms with Crippen LogP contribution < -0.4 is 0 Å². The minimum absolute atomic E-state index is 0.00200. The third-order valence-electron chi connectivity index (χ3n) is 1.74. The molecule has 0 heterocycles. The van der Waals surface area contributed by atoms with E-state index in [9.17, 15) is 4.89 Å². The summed E-state index contributed by atoms with van der Waals surface area (Å²) in [6.45, 7) is 4.22. The Balaban J connectivity index is 2.16. The van der Waals surface area contributed by atoms with Gasteiger partial charge in [-0.25, -0.2) is 0 Å². The zero-order chi connectivity index (χ0) is 11.1. The van der Waals surface area contributed by atoms with E-state index in [0.717, 1.165) is 6.42 Å². The molecule has 0 aromatic heterocycles. The Hall–Kier alpha value is -0.470. The fourth-order valence-electron chi connectivity index (χ4n) is 1.10. The summed E-state index contributed by atoms with van der Waals surface area (Å²) >= 11 is 0. The van der Waals surface area contributed by atoms with Crippen LogP contribution >= 0.6 is 8.60 Å². The van der Waals surface area contributed by atoms with Crippen LogP contribution in [0.3, 0.4) is 0 Å². The third-order valence-corrected chi connectivity index (χ3v) is 2.74. The first-order valence-corrected chi connectivity index (χ1v) is 6.14. The van der Waals surface area contributed by atoms with Crippen LogP contribution in [0.5, 0.6) is 0 Å². The summed E-state index contributed by atoms with van der Waals surface area (Å²) in [4.78, 5) is 9.32. The largest absolute Gasteiger partial charge is 0.330 e. The smallest absolute Gasteiger partial charge is 0.328 e. The van der Waals surface area contributed by atoms with E-state index >= 15 is 0 Å². The van der Waals surface area contributed by atoms with Crippen LogP contribution in [0.1, 0.15) is 19.4 Å². The van der Waals surface area contributed by atoms with E-state index in [0.29, 0.717) is 6.61 Å². The summed E-state index contributed by atoms with van der Waals surface area (Å²) < 4.78 is 10.2. The molecule has 1 N–H and O–H groups in total. The van der Waals surface area contributed by atoms with Gasteiger partial charge in [0, 0.05) is 0 Å². The fourth-order valence-corrected chi connectivity index (χ4v) is 1.77. The van der Waals surface area contributed by atoms with E-state index in [2.05, 4.69) is 0 Å². The average molecular weight is 228 g/mol. The molecule has 0 spiro atoms. The maximum Gasteiger partial charge on any atom is 0.330 e. The SMILES string of the molecule is CC(C)OP(O)OCCc1ccccc1. The second kappa shape index (κ2) is 6.91. The summed E-state index contributed by atoms with van der Waals surface area (Å²) in [6.07, 6.45) is 0.791. The molecule has 0 aliphatic carbocycles. The molecule has 0 bridgehead atoms. The molecule has 0 aliphatic heterocycles. The molecule has 4 heteroatoms. The molecule has 15 heavy (non-hydrogen) atoms. The lowest BCUT2D eigenvalue weighted by Gasteiger charge is -2.12. The van der Waals surface area contributed by atoms with E-state index in [1.54, 1.807) is 0 Å². The van der Waals surface area contributed by atoms with Gasteiger partial charge in [-0.3, -0.25) is 0 Å². The first-order chi connectivity index (χ1) is 7.18. The summed E-state index contributed by atoms with van der Waals surface area (Å²) in [5.41, 5.74) is 1.20. The van der Waals surface area contributed by atoms with Crippen molar-refractivity contribution in [3.05, 3.63) is 35.9 Å². The zero-order valence-electron chi connectivity index (χ0n) is 9.09. The zero-order valence-corrected chi connectivity index (χ0v) is 9.98. The number of hydrogen-bond donors (Lipinski definition) is 1. The van der Waals surface area contributed by atoms with Crippen LogP contribution in [-0.2, 0) is 15.5 Å². The Labute approximate surface area is 92.0 Å². The summed E-state index contributed by atoms with van der Waals surface area (Å²) in [6, 6.07) is 10.0. The molecule has 84 valence electrons. The predicted molar refractivity (Wildman–Crippen MR) is 61.5 cm³/mol. The van der Waals surface area contributed by atoms with E-state index < -0.39 is 8.60 Å². The maximum absolute atomic E-state index is 9.32. The van der Waals surface area contributed by atoms with Crippen LogP contribution in [0.2, 0.25) is 0 Å². The van der Waals surface area contributed by atoms with Crippen molar-refractivity contribution in [3.63, 3.8) is 0 Å². The van der Waals surface area contributed by atoms with Crippen molar-refractivity contribution in [2.45, 2.75) is 26.4 Å². The van der Waals surface area contributed by atoms with E-state index in [-0.39, 0.29) is 6.10 Å². The van der Waals surface area contributed by atoms with Crippen molar-refractivity contribution < 1.29 is 13.9 Å². The Morgan fingerprint density at radius 1 is 1.27 bits per heavy atom. The van der Waals surface area contributed by atoms with Crippen LogP contribution in [0.4, 0.5) is 0 Å². The van der Waals surface area contributed by atoms with E-state index in [1.165, 1.54) is 5.56 Å². The van der Waals surface area contributed by atoms with Crippen molar-refractivity contribution in [3.8, 4) is 0 Å². The number of benzene rings is 1. The Bertz CT molecular complexity index is 264. The monoisotopic (exact) mass is 228 g/mol. The molecule has 0 amide bonds. The summed E-state index contributed by atoms with van der Waals surface area (Å²) in [7, 11) is -1.72. The summed E-state index contributed by atoms with van der Waals surface area (Å²) in [5.74, 6) is 0. The van der Waals surface area contributed by atoms with E-state index in [1.807, 2.05) is 44.2 Å². The van der Waals surface area contributed by atoms with Crippen LogP contribution in [0.15, 0.2) is 30.3 Å². The van der Waals surface area contributed by atoms with Crippen LogP contribution in [0.25, 0.3) is 0 Å². The molecule has 3 nitrogen and oxygen atoms in total. The molecular formula is C11H17O3P. The van der Waals surface area contributed by atoms with Gasteiger partial charge in [0.2, 0.25) is 0 Å². The van der Waals surface area contributed by atoms with Crippen molar-refractivity contribution in [1.82, 2.24) is 0 Å². The highest BCUT2D eigenvalue weighted by Gasteiger charge is 2.08. The van der Waals surface area contributed by atoms with Crippen molar-refractivity contribution in [2.24, 2.45) is 0 Å². The highest BCUT2D eigenvalue weighted by molar-refractivity contribution is 7.40. The number of hydrogen-bond acceptors (Lipinski definition) is 3. The molecule has 1 atom stereocenters. The molecule has 1 aromatic rings. The molecule has 1 rings (SSSR count). The van der Waals surface area contributed by atoms with Crippen LogP contribution in [0, 0.1) is 0 Å². The summed E-state index contributed by atoms with van der Waals surface area (Å²) in [5, 5.41) is 0. The highest BCUT2D eigenvalue weighted by Crippen LogP contribution is 2.34. The van der Waals surface area contributed by atoms with Gasteiger partial charge in [-0.05, 0) is 25.8 Å². The minimum atomic E-state index is -1.72. The van der Waals surface area contributed by atoms with E-state index in [4.69, 9.17) is 9.05 Å². The van der Waals surface area contributed by atoms with Gasteiger partial charge in [-0.2, -0.15) is 0 Å². The van der Waals surface area contributed by atoms with Crippen molar-refractivity contribution >= 4 is 8.60 Å². The molecule has 0 saturated carbocycles. The van der Waals surface area contributed by atoms with Gasteiger partial charge >= 0.3 is 8.60 Å². The second-order valence-corrected chi connectivity index (χ2v) is 4.41. The predicted octanol–water partition coefficient (Wildman–Crippen LogP) is 2.89.